The van der Waals surface area contributed by atoms with Crippen LogP contribution in [-0.4, -0.2) is 58.9 Å². The lowest BCUT2D eigenvalue weighted by molar-refractivity contribution is -0.0745. The van der Waals surface area contributed by atoms with Crippen molar-refractivity contribution in [3.63, 3.8) is 0 Å². The summed E-state index contributed by atoms with van der Waals surface area (Å²) in [6.07, 6.45) is -3.63. The summed E-state index contributed by atoms with van der Waals surface area (Å²) in [6.45, 7) is -0.375. The quantitative estimate of drug-likeness (QED) is 0.305. The first-order chi connectivity index (χ1) is 5.13. The second-order valence-electron chi connectivity index (χ2n) is 2.37. The van der Waals surface area contributed by atoms with Crippen LogP contribution >= 0.6 is 0 Å². The number of rotatable bonds is 5. The summed E-state index contributed by atoms with van der Waals surface area (Å²) in [4.78, 5) is 0. The van der Waals surface area contributed by atoms with E-state index in [9.17, 15) is 0 Å². The van der Waals surface area contributed by atoms with Crippen LogP contribution in [0.1, 0.15) is 0 Å². The van der Waals surface area contributed by atoms with Gasteiger partial charge in [0.2, 0.25) is 0 Å². The minimum Gasteiger partial charge on any atom is -0.394 e. The Morgan fingerprint density at radius 1 is 1.18 bits per heavy atom. The van der Waals surface area contributed by atoms with Crippen molar-refractivity contribution in [3.05, 3.63) is 0 Å². The molecule has 5 N–H and O–H groups in total. The van der Waals surface area contributed by atoms with Crippen LogP contribution < -0.4 is 5.32 Å². The summed E-state index contributed by atoms with van der Waals surface area (Å²) < 4.78 is 0. The summed E-state index contributed by atoms with van der Waals surface area (Å²) >= 11 is 0. The van der Waals surface area contributed by atoms with E-state index in [1.165, 1.54) is 0 Å². The molecule has 0 aliphatic carbocycles. The highest BCUT2D eigenvalue weighted by Gasteiger charge is 2.22. The molecule has 3 atom stereocenters. The average Bonchev–Trinajstić information content (AvgIpc) is 2.02. The van der Waals surface area contributed by atoms with Crippen molar-refractivity contribution in [1.29, 1.82) is 0 Å². The molecular weight excluding hydrogens is 150 g/mol. The van der Waals surface area contributed by atoms with E-state index >= 15 is 0 Å². The van der Waals surface area contributed by atoms with Gasteiger partial charge in [0.25, 0.3) is 0 Å². The van der Waals surface area contributed by atoms with Crippen LogP contribution in [0.4, 0.5) is 0 Å². The summed E-state index contributed by atoms with van der Waals surface area (Å²) in [6, 6.07) is 0. The molecule has 0 heterocycles. The highest BCUT2D eigenvalue weighted by atomic mass is 16.4. The van der Waals surface area contributed by atoms with Gasteiger partial charge in [-0.05, 0) is 7.05 Å². The second kappa shape index (κ2) is 5.45. The highest BCUT2D eigenvalue weighted by Crippen LogP contribution is 1.98. The van der Waals surface area contributed by atoms with Gasteiger partial charge in [-0.3, -0.25) is 0 Å². The fraction of sp³-hybridized carbons (Fsp3) is 1.00. The molecule has 0 aliphatic rings. The number of aliphatic hydroxyl groups is 4. The predicted molar refractivity (Wildman–Crippen MR) is 39.0 cm³/mol. The first kappa shape index (κ1) is 10.8. The Bertz CT molecular complexity index is 101. The molecule has 11 heavy (non-hydrogen) atoms. The summed E-state index contributed by atoms with van der Waals surface area (Å²) in [5.41, 5.74) is 0. The van der Waals surface area contributed by atoms with Gasteiger partial charge in [0.1, 0.15) is 12.2 Å². The standard InChI is InChI=1S/C6H15NO4/c1-7-2-4(9)6(11)5(10)3-8/h4-11H,2-3H2,1H3/t4-,5+,6+/m0/s1. The van der Waals surface area contributed by atoms with E-state index in [0.29, 0.717) is 0 Å². The molecule has 0 aromatic heterocycles. The third-order valence-electron chi connectivity index (χ3n) is 1.39. The maximum absolute atomic E-state index is 9.04. The molecule has 5 nitrogen and oxygen atoms in total. The third-order valence-corrected chi connectivity index (χ3v) is 1.39. The van der Waals surface area contributed by atoms with Crippen LogP contribution in [0.3, 0.4) is 0 Å². The van der Waals surface area contributed by atoms with Crippen molar-refractivity contribution in [2.24, 2.45) is 0 Å². The van der Waals surface area contributed by atoms with Crippen LogP contribution in [0.25, 0.3) is 0 Å². The van der Waals surface area contributed by atoms with E-state index in [1.54, 1.807) is 7.05 Å². The summed E-state index contributed by atoms with van der Waals surface area (Å²) in [5.74, 6) is 0. The molecule has 68 valence electrons. The van der Waals surface area contributed by atoms with Crippen LogP contribution in [-0.2, 0) is 0 Å². The van der Waals surface area contributed by atoms with Crippen molar-refractivity contribution in [2.45, 2.75) is 18.3 Å². The van der Waals surface area contributed by atoms with Crippen molar-refractivity contribution >= 4 is 0 Å². The van der Waals surface area contributed by atoms with Crippen LogP contribution in [0, 0.1) is 0 Å². The van der Waals surface area contributed by atoms with E-state index < -0.39 is 24.9 Å². The molecule has 0 amide bonds. The molecule has 0 aliphatic heterocycles. The zero-order valence-electron chi connectivity index (χ0n) is 6.44. The smallest absolute Gasteiger partial charge is 0.109 e. The normalized spacial score (nSPS) is 19.4. The molecule has 0 radical (unpaired) electrons. The fourth-order valence-electron chi connectivity index (χ4n) is 0.694. The van der Waals surface area contributed by atoms with Crippen LogP contribution in [0.15, 0.2) is 0 Å². The molecule has 0 saturated carbocycles. The van der Waals surface area contributed by atoms with E-state index in [0.717, 1.165) is 0 Å². The van der Waals surface area contributed by atoms with Crippen molar-refractivity contribution in [1.82, 2.24) is 5.32 Å². The number of hydrogen-bond acceptors (Lipinski definition) is 5. The third kappa shape index (κ3) is 3.64. The average molecular weight is 165 g/mol. The lowest BCUT2D eigenvalue weighted by Crippen LogP contribution is -2.43. The SMILES string of the molecule is CNC[C@H](O)[C@@H](O)[C@H](O)CO. The van der Waals surface area contributed by atoms with E-state index in [4.69, 9.17) is 20.4 Å². The Morgan fingerprint density at radius 2 is 1.73 bits per heavy atom. The Hall–Kier alpha value is -0.200. The Labute approximate surface area is 65.3 Å². The molecule has 0 aromatic rings. The molecule has 0 fully saturated rings. The molecule has 0 saturated heterocycles. The summed E-state index contributed by atoms with van der Waals surface area (Å²) in [5, 5.41) is 37.9. The zero-order chi connectivity index (χ0) is 8.85. The maximum Gasteiger partial charge on any atom is 0.109 e. The van der Waals surface area contributed by atoms with Crippen molar-refractivity contribution in [3.8, 4) is 0 Å². The maximum atomic E-state index is 9.04. The van der Waals surface area contributed by atoms with E-state index in [-0.39, 0.29) is 6.54 Å². The van der Waals surface area contributed by atoms with Crippen LogP contribution in [0.2, 0.25) is 0 Å². The summed E-state index contributed by atoms with van der Waals surface area (Å²) in [7, 11) is 1.61. The van der Waals surface area contributed by atoms with Gasteiger partial charge in [-0.1, -0.05) is 0 Å². The van der Waals surface area contributed by atoms with Gasteiger partial charge in [0.15, 0.2) is 0 Å². The largest absolute Gasteiger partial charge is 0.394 e. The molecule has 0 unspecified atom stereocenters. The molecule has 5 heteroatoms. The van der Waals surface area contributed by atoms with Crippen molar-refractivity contribution < 1.29 is 20.4 Å². The lowest BCUT2D eigenvalue weighted by atomic mass is 10.1. The number of likely N-dealkylation sites (N-methyl/N-ethyl adjacent to an activating group) is 1. The van der Waals surface area contributed by atoms with Gasteiger partial charge < -0.3 is 25.7 Å². The molecular formula is C6H15NO4. The highest BCUT2D eigenvalue weighted by molar-refractivity contribution is 4.75. The second-order valence-corrected chi connectivity index (χ2v) is 2.37. The van der Waals surface area contributed by atoms with Crippen LogP contribution in [0.5, 0.6) is 0 Å². The minimum absolute atomic E-state index is 0.179. The van der Waals surface area contributed by atoms with E-state index in [1.807, 2.05) is 0 Å². The molecule has 0 bridgehead atoms. The number of nitrogens with one attached hydrogen (secondary N) is 1. The Balaban J connectivity index is 3.70. The monoisotopic (exact) mass is 165 g/mol. The van der Waals surface area contributed by atoms with Gasteiger partial charge in [-0.2, -0.15) is 0 Å². The lowest BCUT2D eigenvalue weighted by Gasteiger charge is -2.20. The van der Waals surface area contributed by atoms with Gasteiger partial charge in [0, 0.05) is 6.54 Å². The predicted octanol–water partition coefficient (Wildman–Crippen LogP) is -2.72. The topological polar surface area (TPSA) is 93.0 Å². The first-order valence-corrected chi connectivity index (χ1v) is 3.43. The zero-order valence-corrected chi connectivity index (χ0v) is 6.44. The van der Waals surface area contributed by atoms with Gasteiger partial charge >= 0.3 is 0 Å². The Morgan fingerprint density at radius 3 is 2.09 bits per heavy atom. The van der Waals surface area contributed by atoms with Crippen molar-refractivity contribution in [2.75, 3.05) is 20.2 Å². The fourth-order valence-corrected chi connectivity index (χ4v) is 0.694. The number of aliphatic hydroxyl groups excluding tert-OH is 4. The van der Waals surface area contributed by atoms with Gasteiger partial charge in [0.05, 0.1) is 12.7 Å². The molecule has 0 aromatic carbocycles. The Kier molecular flexibility index (Phi) is 5.35. The molecule has 0 rings (SSSR count). The van der Waals surface area contributed by atoms with Gasteiger partial charge in [-0.25, -0.2) is 0 Å². The van der Waals surface area contributed by atoms with Gasteiger partial charge in [-0.15, -0.1) is 0 Å². The first-order valence-electron chi connectivity index (χ1n) is 3.43. The molecule has 0 spiro atoms. The minimum atomic E-state index is -1.30. The number of hydrogen-bond donors (Lipinski definition) is 5. The van der Waals surface area contributed by atoms with E-state index in [2.05, 4.69) is 5.32 Å².